The van der Waals surface area contributed by atoms with E-state index < -0.39 is 0 Å². The zero-order chi connectivity index (χ0) is 15.1. The van der Waals surface area contributed by atoms with Crippen molar-refractivity contribution in [3.8, 4) is 5.88 Å². The van der Waals surface area contributed by atoms with E-state index >= 15 is 0 Å². The van der Waals surface area contributed by atoms with Crippen LogP contribution < -0.4 is 15.8 Å². The average molecular weight is 285 g/mol. The maximum Gasteiger partial charge on any atom is 0.255 e. The molecule has 1 aromatic carbocycles. The highest BCUT2D eigenvalue weighted by Gasteiger charge is 2.10. The molecule has 0 unspecified atom stereocenters. The Bertz CT molecular complexity index is 597. The van der Waals surface area contributed by atoms with E-state index in [4.69, 9.17) is 10.5 Å². The zero-order valence-corrected chi connectivity index (χ0v) is 12.0. The smallest absolute Gasteiger partial charge is 0.255 e. The van der Waals surface area contributed by atoms with Crippen LogP contribution in [-0.2, 0) is 6.42 Å². The van der Waals surface area contributed by atoms with Gasteiger partial charge in [0, 0.05) is 11.6 Å². The minimum atomic E-state index is -0.162. The second-order valence-electron chi connectivity index (χ2n) is 4.47. The number of nitrogens with two attached hydrogens (primary N) is 1. The lowest BCUT2D eigenvalue weighted by Crippen LogP contribution is -2.16. The summed E-state index contributed by atoms with van der Waals surface area (Å²) in [6, 6.07) is 10.9. The molecule has 2 rings (SSSR count). The van der Waals surface area contributed by atoms with E-state index in [0.717, 1.165) is 5.56 Å². The van der Waals surface area contributed by atoms with Crippen molar-refractivity contribution in [3.63, 3.8) is 0 Å². The van der Waals surface area contributed by atoms with Gasteiger partial charge in [0.1, 0.15) is 0 Å². The molecule has 0 saturated heterocycles. The summed E-state index contributed by atoms with van der Waals surface area (Å²) in [7, 11) is 0. The maximum absolute atomic E-state index is 12.3. The highest BCUT2D eigenvalue weighted by molar-refractivity contribution is 6.05. The van der Waals surface area contributed by atoms with Gasteiger partial charge in [-0.15, -0.1) is 0 Å². The van der Waals surface area contributed by atoms with Crippen molar-refractivity contribution in [3.05, 3.63) is 53.7 Å². The number of ether oxygens (including phenoxy) is 1. The molecule has 3 N–H and O–H groups in total. The number of hydrogen-bond donors (Lipinski definition) is 2. The Morgan fingerprint density at radius 3 is 2.76 bits per heavy atom. The fourth-order valence-corrected chi connectivity index (χ4v) is 2.00. The Labute approximate surface area is 124 Å². The van der Waals surface area contributed by atoms with Crippen molar-refractivity contribution in [1.29, 1.82) is 0 Å². The Morgan fingerprint density at radius 2 is 2.10 bits per heavy atom. The van der Waals surface area contributed by atoms with Gasteiger partial charge in [-0.1, -0.05) is 18.2 Å². The lowest BCUT2D eigenvalue weighted by Gasteiger charge is -2.10. The normalized spacial score (nSPS) is 10.2. The Morgan fingerprint density at radius 1 is 1.29 bits per heavy atom. The third kappa shape index (κ3) is 4.03. The van der Waals surface area contributed by atoms with E-state index in [2.05, 4.69) is 10.3 Å². The SMILES string of the molecule is CCOc1ccc(NC(=O)c2ccccc2CCN)cn1. The molecule has 0 atom stereocenters. The average Bonchev–Trinajstić information content (AvgIpc) is 2.50. The third-order valence-corrected chi connectivity index (χ3v) is 2.96. The first-order chi connectivity index (χ1) is 10.2. The number of carbonyl (C=O) groups excluding carboxylic acids is 1. The van der Waals surface area contributed by atoms with Crippen molar-refractivity contribution in [2.45, 2.75) is 13.3 Å². The molecule has 5 heteroatoms. The predicted molar refractivity (Wildman–Crippen MR) is 82.6 cm³/mol. The fraction of sp³-hybridized carbons (Fsp3) is 0.250. The van der Waals surface area contributed by atoms with E-state index in [9.17, 15) is 4.79 Å². The molecule has 0 saturated carbocycles. The molecule has 0 fully saturated rings. The largest absolute Gasteiger partial charge is 0.478 e. The summed E-state index contributed by atoms with van der Waals surface area (Å²) in [5, 5.41) is 2.83. The minimum Gasteiger partial charge on any atom is -0.478 e. The quantitative estimate of drug-likeness (QED) is 0.853. The van der Waals surface area contributed by atoms with Crippen LogP contribution in [-0.4, -0.2) is 24.0 Å². The fourth-order valence-electron chi connectivity index (χ4n) is 2.00. The third-order valence-electron chi connectivity index (χ3n) is 2.96. The molecule has 0 aliphatic heterocycles. The van der Waals surface area contributed by atoms with Crippen molar-refractivity contribution in [2.24, 2.45) is 5.73 Å². The molecule has 21 heavy (non-hydrogen) atoms. The number of pyridine rings is 1. The van der Waals surface area contributed by atoms with Crippen molar-refractivity contribution >= 4 is 11.6 Å². The van der Waals surface area contributed by atoms with Gasteiger partial charge in [-0.25, -0.2) is 4.98 Å². The Kier molecular flexibility index (Phi) is 5.29. The first-order valence-electron chi connectivity index (χ1n) is 6.92. The molecule has 2 aromatic rings. The van der Waals surface area contributed by atoms with Crippen LogP contribution >= 0.6 is 0 Å². The maximum atomic E-state index is 12.3. The molecule has 0 aliphatic carbocycles. The summed E-state index contributed by atoms with van der Waals surface area (Å²) in [5.74, 6) is 0.379. The van der Waals surface area contributed by atoms with Crippen LogP contribution in [0.1, 0.15) is 22.8 Å². The molecule has 1 heterocycles. The number of amides is 1. The second-order valence-corrected chi connectivity index (χ2v) is 4.47. The van der Waals surface area contributed by atoms with Gasteiger partial charge in [0.05, 0.1) is 18.5 Å². The van der Waals surface area contributed by atoms with Crippen molar-refractivity contribution in [1.82, 2.24) is 4.98 Å². The molecule has 0 bridgehead atoms. The second kappa shape index (κ2) is 7.40. The van der Waals surface area contributed by atoms with Gasteiger partial charge in [0.2, 0.25) is 5.88 Å². The van der Waals surface area contributed by atoms with Gasteiger partial charge >= 0.3 is 0 Å². The van der Waals surface area contributed by atoms with E-state index in [1.807, 2.05) is 25.1 Å². The van der Waals surface area contributed by atoms with Gasteiger partial charge in [0.15, 0.2) is 0 Å². The lowest BCUT2D eigenvalue weighted by atomic mass is 10.0. The highest BCUT2D eigenvalue weighted by Crippen LogP contribution is 2.15. The van der Waals surface area contributed by atoms with Gasteiger partial charge in [-0.05, 0) is 37.6 Å². The van der Waals surface area contributed by atoms with Gasteiger partial charge in [-0.3, -0.25) is 4.79 Å². The van der Waals surface area contributed by atoms with Crippen molar-refractivity contribution in [2.75, 3.05) is 18.5 Å². The first kappa shape index (κ1) is 15.0. The molecule has 0 aliphatic rings. The van der Waals surface area contributed by atoms with E-state index in [-0.39, 0.29) is 5.91 Å². The number of anilines is 1. The summed E-state index contributed by atoms with van der Waals surface area (Å²) in [5.41, 5.74) is 7.78. The van der Waals surface area contributed by atoms with Crippen LogP contribution in [0.25, 0.3) is 0 Å². The monoisotopic (exact) mass is 285 g/mol. The van der Waals surface area contributed by atoms with Crippen LogP contribution in [0.2, 0.25) is 0 Å². The molecular weight excluding hydrogens is 266 g/mol. The molecule has 5 nitrogen and oxygen atoms in total. The van der Waals surface area contributed by atoms with Crippen molar-refractivity contribution < 1.29 is 9.53 Å². The van der Waals surface area contributed by atoms with Gasteiger partial charge < -0.3 is 15.8 Å². The molecular formula is C16H19N3O2. The van der Waals surface area contributed by atoms with Crippen LogP contribution in [0.3, 0.4) is 0 Å². The zero-order valence-electron chi connectivity index (χ0n) is 12.0. The van der Waals surface area contributed by atoms with E-state index in [0.29, 0.717) is 36.7 Å². The van der Waals surface area contributed by atoms with Crippen LogP contribution in [0.15, 0.2) is 42.6 Å². The molecule has 1 amide bonds. The molecule has 0 radical (unpaired) electrons. The van der Waals surface area contributed by atoms with Crippen LogP contribution in [0, 0.1) is 0 Å². The first-order valence-corrected chi connectivity index (χ1v) is 6.92. The standard InChI is InChI=1S/C16H19N3O2/c1-2-21-15-8-7-13(11-18-15)19-16(20)14-6-4-3-5-12(14)9-10-17/h3-8,11H,2,9-10,17H2,1H3,(H,19,20). The number of aromatic nitrogens is 1. The number of nitrogens with zero attached hydrogens (tertiary/aromatic N) is 1. The summed E-state index contributed by atoms with van der Waals surface area (Å²) in [6.45, 7) is 2.96. The van der Waals surface area contributed by atoms with E-state index in [1.54, 1.807) is 24.4 Å². The highest BCUT2D eigenvalue weighted by atomic mass is 16.5. The van der Waals surface area contributed by atoms with Crippen LogP contribution in [0.4, 0.5) is 5.69 Å². The topological polar surface area (TPSA) is 77.2 Å². The molecule has 110 valence electrons. The summed E-state index contributed by atoms with van der Waals surface area (Å²) in [6.07, 6.45) is 2.25. The lowest BCUT2D eigenvalue weighted by molar-refractivity contribution is 0.102. The molecule has 0 spiro atoms. The summed E-state index contributed by atoms with van der Waals surface area (Å²) < 4.78 is 5.26. The summed E-state index contributed by atoms with van der Waals surface area (Å²) in [4.78, 5) is 16.4. The van der Waals surface area contributed by atoms with Crippen LogP contribution in [0.5, 0.6) is 5.88 Å². The summed E-state index contributed by atoms with van der Waals surface area (Å²) >= 11 is 0. The predicted octanol–water partition coefficient (Wildman–Crippen LogP) is 2.23. The molecule has 1 aromatic heterocycles. The minimum absolute atomic E-state index is 0.162. The van der Waals surface area contributed by atoms with Gasteiger partial charge in [0.25, 0.3) is 5.91 Å². The van der Waals surface area contributed by atoms with Gasteiger partial charge in [-0.2, -0.15) is 0 Å². The number of carbonyl (C=O) groups is 1. The number of hydrogen-bond acceptors (Lipinski definition) is 4. The number of nitrogens with one attached hydrogen (secondary N) is 1. The number of rotatable bonds is 6. The Hall–Kier alpha value is -2.40. The van der Waals surface area contributed by atoms with E-state index in [1.165, 1.54) is 0 Å². The number of benzene rings is 1. The Balaban J connectivity index is 2.10.